The largest absolute Gasteiger partial charge is 0.476 e. The summed E-state index contributed by atoms with van der Waals surface area (Å²) in [5, 5.41) is 16.3. The van der Waals surface area contributed by atoms with Crippen LogP contribution in [0.3, 0.4) is 0 Å². The Bertz CT molecular complexity index is 1150. The number of hydrogen-bond donors (Lipinski definition) is 2. The summed E-state index contributed by atoms with van der Waals surface area (Å²) in [6.45, 7) is 0.103. The van der Waals surface area contributed by atoms with Crippen LogP contribution in [0.4, 0.5) is 4.39 Å². The van der Waals surface area contributed by atoms with Crippen LogP contribution in [0.25, 0.3) is 0 Å². The number of nitrogens with zero attached hydrogens (tertiary/aromatic N) is 2. The van der Waals surface area contributed by atoms with Gasteiger partial charge in [0.25, 0.3) is 0 Å². The van der Waals surface area contributed by atoms with Crippen molar-refractivity contribution in [3.05, 3.63) is 83.3 Å². The fraction of sp³-hybridized carbons (Fsp3) is 0.346. The number of hydrogen-bond acceptors (Lipinski definition) is 5. The summed E-state index contributed by atoms with van der Waals surface area (Å²) >= 11 is 0. The summed E-state index contributed by atoms with van der Waals surface area (Å²) < 4.78 is 26.9. The Balaban J connectivity index is 1.39. The first kappa shape index (κ1) is 24.4. The molecule has 2 atom stereocenters. The zero-order valence-corrected chi connectivity index (χ0v) is 19.2. The average Bonchev–Trinajstić information content (AvgIpc) is 3.26. The summed E-state index contributed by atoms with van der Waals surface area (Å²) in [5.41, 5.74) is 1.11. The molecule has 1 aromatic heterocycles. The molecule has 35 heavy (non-hydrogen) atoms. The number of carbonyl (C=O) groups excluding carboxylic acids is 1. The summed E-state index contributed by atoms with van der Waals surface area (Å²) in [6.07, 6.45) is 3.54. The molecular weight excluding hydrogens is 453 g/mol. The molecule has 184 valence electrons. The standard InChI is InChI=1S/C26H28FN3O5/c27-20-11-5-4-10-19(20)17-35-25-14-22(26(32)33)29-30(25)15-24(31)28-21-12-6-7-13-23(21)34-16-18-8-2-1-3-9-18/h1-5,8-11,14,21,23H,6-7,12-13,15-17H2,(H,28,31)(H,32,33). The van der Waals surface area contributed by atoms with Crippen LogP contribution in [0, 0.1) is 5.82 Å². The molecule has 8 nitrogen and oxygen atoms in total. The molecule has 2 N–H and O–H groups in total. The molecule has 0 radical (unpaired) electrons. The maximum absolute atomic E-state index is 13.9. The molecule has 3 aromatic rings. The quantitative estimate of drug-likeness (QED) is 0.455. The second-order valence-electron chi connectivity index (χ2n) is 8.50. The van der Waals surface area contributed by atoms with E-state index in [1.54, 1.807) is 18.2 Å². The minimum Gasteiger partial charge on any atom is -0.476 e. The zero-order chi connectivity index (χ0) is 24.6. The second kappa shape index (κ2) is 11.6. The van der Waals surface area contributed by atoms with Crippen LogP contribution in [-0.2, 0) is 29.3 Å². The van der Waals surface area contributed by atoms with Gasteiger partial charge in [0, 0.05) is 11.6 Å². The summed E-state index contributed by atoms with van der Waals surface area (Å²) in [4.78, 5) is 24.3. The Morgan fingerprint density at radius 2 is 1.80 bits per heavy atom. The van der Waals surface area contributed by atoms with E-state index >= 15 is 0 Å². The van der Waals surface area contributed by atoms with Gasteiger partial charge in [-0.15, -0.1) is 0 Å². The molecule has 0 bridgehead atoms. The number of amides is 1. The summed E-state index contributed by atoms with van der Waals surface area (Å²) in [6, 6.07) is 17.1. The molecule has 0 spiro atoms. The van der Waals surface area contributed by atoms with Gasteiger partial charge in [-0.05, 0) is 24.5 Å². The lowest BCUT2D eigenvalue weighted by atomic mass is 9.92. The van der Waals surface area contributed by atoms with Crippen molar-refractivity contribution in [1.29, 1.82) is 0 Å². The van der Waals surface area contributed by atoms with Crippen molar-refractivity contribution in [2.24, 2.45) is 0 Å². The monoisotopic (exact) mass is 481 g/mol. The van der Waals surface area contributed by atoms with Gasteiger partial charge < -0.3 is 19.9 Å². The second-order valence-corrected chi connectivity index (χ2v) is 8.50. The van der Waals surface area contributed by atoms with E-state index in [0.29, 0.717) is 12.2 Å². The number of carboxylic acids is 1. The highest BCUT2D eigenvalue weighted by Crippen LogP contribution is 2.23. The van der Waals surface area contributed by atoms with Gasteiger partial charge in [0.1, 0.15) is 19.0 Å². The third-order valence-electron chi connectivity index (χ3n) is 5.94. The number of nitrogens with one attached hydrogen (secondary N) is 1. The SMILES string of the molecule is O=C(Cn1nc(C(=O)O)cc1OCc1ccccc1F)NC1CCCCC1OCc1ccccc1. The fourth-order valence-electron chi connectivity index (χ4n) is 4.13. The molecule has 4 rings (SSSR count). The Morgan fingerprint density at radius 3 is 2.57 bits per heavy atom. The first-order chi connectivity index (χ1) is 17.0. The van der Waals surface area contributed by atoms with Crippen molar-refractivity contribution in [3.63, 3.8) is 0 Å². The molecular formula is C26H28FN3O5. The molecule has 2 aromatic carbocycles. The zero-order valence-electron chi connectivity index (χ0n) is 19.2. The van der Waals surface area contributed by atoms with Crippen LogP contribution in [0.2, 0.25) is 0 Å². The Morgan fingerprint density at radius 1 is 1.06 bits per heavy atom. The van der Waals surface area contributed by atoms with Crippen molar-refractivity contribution in [2.45, 2.75) is 57.6 Å². The molecule has 1 heterocycles. The maximum Gasteiger partial charge on any atom is 0.356 e. The fourth-order valence-corrected chi connectivity index (χ4v) is 4.13. The van der Waals surface area contributed by atoms with E-state index in [-0.39, 0.29) is 42.8 Å². The predicted octanol–water partition coefficient (Wildman–Crippen LogP) is 3.94. The third-order valence-corrected chi connectivity index (χ3v) is 5.94. The van der Waals surface area contributed by atoms with Crippen LogP contribution >= 0.6 is 0 Å². The number of rotatable bonds is 10. The minimum atomic E-state index is -1.25. The van der Waals surface area contributed by atoms with E-state index in [2.05, 4.69) is 10.4 Å². The molecule has 0 aliphatic heterocycles. The first-order valence-corrected chi connectivity index (χ1v) is 11.6. The van der Waals surface area contributed by atoms with Crippen LogP contribution < -0.4 is 10.1 Å². The van der Waals surface area contributed by atoms with Gasteiger partial charge in [-0.2, -0.15) is 5.10 Å². The van der Waals surface area contributed by atoms with Gasteiger partial charge in [-0.1, -0.05) is 61.4 Å². The lowest BCUT2D eigenvalue weighted by Gasteiger charge is -2.32. The summed E-state index contributed by atoms with van der Waals surface area (Å²) in [7, 11) is 0. The van der Waals surface area contributed by atoms with Crippen molar-refractivity contribution in [2.75, 3.05) is 0 Å². The maximum atomic E-state index is 13.9. The van der Waals surface area contributed by atoms with Crippen LogP contribution in [-0.4, -0.2) is 38.9 Å². The molecule has 1 amide bonds. The van der Waals surface area contributed by atoms with Gasteiger partial charge in [-0.25, -0.2) is 13.9 Å². The van der Waals surface area contributed by atoms with E-state index in [4.69, 9.17) is 9.47 Å². The molecule has 1 aliphatic carbocycles. The lowest BCUT2D eigenvalue weighted by molar-refractivity contribution is -0.124. The van der Waals surface area contributed by atoms with Crippen molar-refractivity contribution in [1.82, 2.24) is 15.1 Å². The van der Waals surface area contributed by atoms with Gasteiger partial charge in [0.05, 0.1) is 18.8 Å². The van der Waals surface area contributed by atoms with Gasteiger partial charge in [0.2, 0.25) is 11.8 Å². The number of carboxylic acid groups (broad SMARTS) is 1. The van der Waals surface area contributed by atoms with Gasteiger partial charge in [0.15, 0.2) is 5.69 Å². The van der Waals surface area contributed by atoms with Gasteiger partial charge >= 0.3 is 5.97 Å². The number of halogens is 1. The lowest BCUT2D eigenvalue weighted by Crippen LogP contribution is -2.47. The van der Waals surface area contributed by atoms with E-state index < -0.39 is 11.8 Å². The predicted molar refractivity (Wildman–Crippen MR) is 125 cm³/mol. The molecule has 9 heteroatoms. The van der Waals surface area contributed by atoms with Gasteiger partial charge in [-0.3, -0.25) is 4.79 Å². The van der Waals surface area contributed by atoms with Crippen molar-refractivity contribution < 1.29 is 28.6 Å². The Labute approximate surface area is 202 Å². The van der Waals surface area contributed by atoms with Crippen LogP contribution in [0.15, 0.2) is 60.7 Å². The highest BCUT2D eigenvalue weighted by molar-refractivity contribution is 5.85. The summed E-state index contributed by atoms with van der Waals surface area (Å²) in [5.74, 6) is -1.95. The van der Waals surface area contributed by atoms with Crippen LogP contribution in [0.1, 0.15) is 47.3 Å². The van der Waals surface area contributed by atoms with E-state index in [9.17, 15) is 19.1 Å². The molecule has 1 aliphatic rings. The number of benzene rings is 2. The first-order valence-electron chi connectivity index (χ1n) is 11.6. The number of carbonyl (C=O) groups is 2. The topological polar surface area (TPSA) is 103 Å². The number of aromatic carboxylic acids is 1. The normalized spacial score (nSPS) is 17.6. The molecule has 1 saturated carbocycles. The minimum absolute atomic E-state index is 0.0707. The van der Waals surface area contributed by atoms with E-state index in [1.165, 1.54) is 16.8 Å². The van der Waals surface area contributed by atoms with Crippen molar-refractivity contribution in [3.8, 4) is 5.88 Å². The highest BCUT2D eigenvalue weighted by atomic mass is 19.1. The third kappa shape index (κ3) is 6.66. The number of ether oxygens (including phenoxy) is 2. The smallest absolute Gasteiger partial charge is 0.356 e. The molecule has 0 saturated heterocycles. The Hall–Kier alpha value is -3.72. The molecule has 1 fully saturated rings. The van der Waals surface area contributed by atoms with Crippen LogP contribution in [0.5, 0.6) is 5.88 Å². The van der Waals surface area contributed by atoms with Crippen molar-refractivity contribution >= 4 is 11.9 Å². The van der Waals surface area contributed by atoms with E-state index in [0.717, 1.165) is 31.2 Å². The average molecular weight is 482 g/mol. The van der Waals surface area contributed by atoms with E-state index in [1.807, 2.05) is 30.3 Å². The number of aromatic nitrogens is 2. The molecule has 2 unspecified atom stereocenters. The Kier molecular flexibility index (Phi) is 8.10. The highest BCUT2D eigenvalue weighted by Gasteiger charge is 2.28.